The molecule has 124 valence electrons. The topological polar surface area (TPSA) is 12.5 Å². The average molecular weight is 328 g/mol. The van der Waals surface area contributed by atoms with Crippen molar-refractivity contribution in [2.45, 2.75) is 46.5 Å². The van der Waals surface area contributed by atoms with Gasteiger partial charge in [0.05, 0.1) is 6.04 Å². The van der Waals surface area contributed by atoms with Gasteiger partial charge in [-0.05, 0) is 29.6 Å². The minimum atomic E-state index is -1.20. The Morgan fingerprint density at radius 1 is 0.913 bits per heavy atom. The summed E-state index contributed by atoms with van der Waals surface area (Å²) in [7, 11) is -1.20. The summed E-state index contributed by atoms with van der Waals surface area (Å²) >= 11 is 0. The van der Waals surface area contributed by atoms with Crippen molar-refractivity contribution in [1.29, 1.82) is 0 Å². The molecule has 0 N–H and O–H groups in total. The summed E-state index contributed by atoms with van der Waals surface area (Å²) in [4.78, 5) is 0. The Labute approximate surface area is 142 Å². The van der Waals surface area contributed by atoms with E-state index in [-0.39, 0.29) is 11.5 Å². The number of hydrogen-bond acceptors (Lipinski definition) is 2. The maximum absolute atomic E-state index is 6.37. The zero-order valence-electron chi connectivity index (χ0n) is 15.0. The van der Waals surface area contributed by atoms with Crippen LogP contribution in [0.2, 0.25) is 13.1 Å². The van der Waals surface area contributed by atoms with Crippen LogP contribution in [0, 0.1) is 5.41 Å². The highest BCUT2D eigenvalue weighted by Crippen LogP contribution is 2.39. The van der Waals surface area contributed by atoms with E-state index in [0.29, 0.717) is 0 Å². The maximum atomic E-state index is 6.37. The van der Waals surface area contributed by atoms with Gasteiger partial charge in [0.2, 0.25) is 0 Å². The van der Waals surface area contributed by atoms with Gasteiger partial charge in [-0.15, -0.1) is 0 Å². The van der Waals surface area contributed by atoms with E-state index in [0.717, 1.165) is 6.54 Å². The van der Waals surface area contributed by atoms with Crippen LogP contribution in [0.5, 0.6) is 0 Å². The molecule has 2 aromatic rings. The molecule has 0 fully saturated rings. The second-order valence-corrected chi connectivity index (χ2v) is 9.70. The summed E-state index contributed by atoms with van der Waals surface area (Å²) < 4.78 is 6.37. The molecular weight excluding hydrogens is 298 g/mol. The second-order valence-electron chi connectivity index (χ2n) is 7.39. The van der Waals surface area contributed by atoms with Crippen molar-refractivity contribution in [3.8, 4) is 0 Å². The number of hydrogen-bond donors (Lipinski definition) is 0. The van der Waals surface area contributed by atoms with Gasteiger partial charge in [-0.2, -0.15) is 5.06 Å². The molecular formula is C20H29NOSi. The van der Waals surface area contributed by atoms with Crippen LogP contribution in [-0.4, -0.2) is 14.1 Å². The third-order valence-electron chi connectivity index (χ3n) is 3.75. The van der Waals surface area contributed by atoms with E-state index in [9.17, 15) is 0 Å². The molecule has 2 aromatic carbocycles. The molecule has 23 heavy (non-hydrogen) atoms. The molecule has 2 nitrogen and oxygen atoms in total. The smallest absolute Gasteiger partial charge is 0.199 e. The van der Waals surface area contributed by atoms with Gasteiger partial charge in [0, 0.05) is 6.54 Å². The Hall–Kier alpha value is -1.42. The minimum Gasteiger partial charge on any atom is -0.346 e. The summed E-state index contributed by atoms with van der Waals surface area (Å²) in [6.07, 6.45) is 0. The SMILES string of the molecule is C[SiH](C)ON(Cc1ccccc1)C(c1ccccc1)C(C)(C)C. The first-order valence-corrected chi connectivity index (χ1v) is 11.2. The van der Waals surface area contributed by atoms with Crippen LogP contribution < -0.4 is 0 Å². The third kappa shape index (κ3) is 5.31. The monoisotopic (exact) mass is 327 g/mol. The molecule has 0 aliphatic rings. The number of nitrogens with zero attached hydrogens (tertiary/aromatic N) is 1. The zero-order valence-corrected chi connectivity index (χ0v) is 16.1. The summed E-state index contributed by atoms with van der Waals surface area (Å²) in [5, 5.41) is 2.21. The Morgan fingerprint density at radius 2 is 1.43 bits per heavy atom. The predicted molar refractivity (Wildman–Crippen MR) is 101 cm³/mol. The van der Waals surface area contributed by atoms with Gasteiger partial charge < -0.3 is 4.53 Å². The van der Waals surface area contributed by atoms with Gasteiger partial charge in [0.1, 0.15) is 0 Å². The molecule has 0 amide bonds. The molecule has 0 saturated carbocycles. The lowest BCUT2D eigenvalue weighted by Gasteiger charge is -2.41. The van der Waals surface area contributed by atoms with Crippen molar-refractivity contribution >= 4 is 9.04 Å². The quantitative estimate of drug-likeness (QED) is 0.535. The first-order chi connectivity index (χ1) is 10.9. The first kappa shape index (κ1) is 17.9. The highest BCUT2D eigenvalue weighted by Gasteiger charge is 2.33. The largest absolute Gasteiger partial charge is 0.346 e. The number of hydroxylamine groups is 2. The van der Waals surface area contributed by atoms with E-state index in [4.69, 9.17) is 4.53 Å². The van der Waals surface area contributed by atoms with Crippen LogP contribution in [0.25, 0.3) is 0 Å². The number of benzene rings is 2. The lowest BCUT2D eigenvalue weighted by atomic mass is 9.82. The standard InChI is InChI=1S/C20H29NOSi/c1-20(2,3)19(18-14-10-7-11-15-18)21(22-23(4)5)16-17-12-8-6-9-13-17/h6-15,19,23H,16H2,1-5H3. The van der Waals surface area contributed by atoms with Gasteiger partial charge in [0.25, 0.3) is 0 Å². The van der Waals surface area contributed by atoms with Crippen molar-refractivity contribution in [3.05, 3.63) is 71.8 Å². The molecule has 0 aliphatic carbocycles. The van der Waals surface area contributed by atoms with Crippen molar-refractivity contribution in [2.75, 3.05) is 0 Å². The van der Waals surface area contributed by atoms with E-state index >= 15 is 0 Å². The Bertz CT molecular complexity index is 578. The van der Waals surface area contributed by atoms with E-state index in [2.05, 4.69) is 99.6 Å². The molecule has 0 bridgehead atoms. The predicted octanol–water partition coefficient (Wildman–Crippen LogP) is 5.19. The molecule has 1 unspecified atom stereocenters. The highest BCUT2D eigenvalue weighted by molar-refractivity contribution is 6.48. The Balaban J connectivity index is 2.36. The summed E-state index contributed by atoms with van der Waals surface area (Å²) in [5.74, 6) is 0. The Kier molecular flexibility index (Phi) is 6.16. The lowest BCUT2D eigenvalue weighted by Crippen LogP contribution is -2.39. The minimum absolute atomic E-state index is 0.0828. The van der Waals surface area contributed by atoms with Gasteiger partial charge in [0.15, 0.2) is 9.04 Å². The molecule has 3 heteroatoms. The van der Waals surface area contributed by atoms with Gasteiger partial charge in [-0.3, -0.25) is 0 Å². The van der Waals surface area contributed by atoms with Gasteiger partial charge >= 0.3 is 0 Å². The van der Waals surface area contributed by atoms with Crippen LogP contribution >= 0.6 is 0 Å². The maximum Gasteiger partial charge on any atom is 0.199 e. The second kappa shape index (κ2) is 7.91. The molecule has 1 atom stereocenters. The van der Waals surface area contributed by atoms with E-state index < -0.39 is 9.04 Å². The van der Waals surface area contributed by atoms with Gasteiger partial charge in [-0.1, -0.05) is 81.4 Å². The highest BCUT2D eigenvalue weighted by atomic mass is 28.3. The summed E-state index contributed by atoms with van der Waals surface area (Å²) in [6, 6.07) is 21.5. The molecule has 0 saturated heterocycles. The molecule has 0 heterocycles. The van der Waals surface area contributed by atoms with Crippen molar-refractivity contribution < 1.29 is 4.53 Å². The fraction of sp³-hybridized carbons (Fsp3) is 0.400. The van der Waals surface area contributed by atoms with E-state index in [1.165, 1.54) is 11.1 Å². The van der Waals surface area contributed by atoms with Crippen LogP contribution in [0.1, 0.15) is 37.9 Å². The molecule has 0 spiro atoms. The van der Waals surface area contributed by atoms with Crippen LogP contribution in [0.3, 0.4) is 0 Å². The van der Waals surface area contributed by atoms with Crippen LogP contribution in [-0.2, 0) is 11.1 Å². The van der Waals surface area contributed by atoms with Crippen molar-refractivity contribution in [3.63, 3.8) is 0 Å². The fourth-order valence-corrected chi connectivity index (χ4v) is 3.69. The van der Waals surface area contributed by atoms with Crippen molar-refractivity contribution in [1.82, 2.24) is 5.06 Å². The van der Waals surface area contributed by atoms with Gasteiger partial charge in [-0.25, -0.2) is 0 Å². The fourth-order valence-electron chi connectivity index (χ4n) is 2.96. The third-order valence-corrected chi connectivity index (χ3v) is 4.44. The summed E-state index contributed by atoms with van der Waals surface area (Å²) in [5.41, 5.74) is 2.68. The molecule has 0 aliphatic heterocycles. The number of rotatable bonds is 6. The normalized spacial score (nSPS) is 13.5. The van der Waals surface area contributed by atoms with Crippen LogP contribution in [0.4, 0.5) is 0 Å². The van der Waals surface area contributed by atoms with E-state index in [1.807, 2.05) is 0 Å². The van der Waals surface area contributed by atoms with Crippen LogP contribution in [0.15, 0.2) is 60.7 Å². The lowest BCUT2D eigenvalue weighted by molar-refractivity contribution is -0.140. The summed E-state index contributed by atoms with van der Waals surface area (Å²) in [6.45, 7) is 12.1. The van der Waals surface area contributed by atoms with E-state index in [1.54, 1.807) is 0 Å². The van der Waals surface area contributed by atoms with Crippen molar-refractivity contribution in [2.24, 2.45) is 5.41 Å². The molecule has 2 rings (SSSR count). The Morgan fingerprint density at radius 3 is 1.91 bits per heavy atom. The first-order valence-electron chi connectivity index (χ1n) is 8.40. The molecule has 0 radical (unpaired) electrons. The average Bonchev–Trinajstić information content (AvgIpc) is 2.47. The molecule has 0 aromatic heterocycles. The zero-order chi connectivity index (χ0) is 16.9.